The first-order chi connectivity index (χ1) is 9.97. The molecule has 2 aromatic heterocycles. The maximum absolute atomic E-state index is 11.8. The number of hydrogen-bond donors (Lipinski definition) is 3. The van der Waals surface area contributed by atoms with Crippen molar-refractivity contribution in [2.75, 3.05) is 6.54 Å². The molecule has 21 heavy (non-hydrogen) atoms. The summed E-state index contributed by atoms with van der Waals surface area (Å²) < 4.78 is 1.54. The Kier molecular flexibility index (Phi) is 4.17. The third kappa shape index (κ3) is 3.56. The smallest absolute Gasteiger partial charge is 0.356 e. The molecule has 0 spiro atoms. The molecular formula is C13H14N4O4. The van der Waals surface area contributed by atoms with E-state index in [1.54, 1.807) is 17.6 Å². The van der Waals surface area contributed by atoms with Crippen LogP contribution < -0.4 is 10.9 Å². The number of nitrogens with zero attached hydrogens (tertiary/aromatic N) is 2. The van der Waals surface area contributed by atoms with Gasteiger partial charge in [-0.1, -0.05) is 0 Å². The Labute approximate surface area is 119 Å². The molecule has 110 valence electrons. The lowest BCUT2D eigenvalue weighted by Gasteiger charge is -2.05. The lowest BCUT2D eigenvalue weighted by atomic mass is 10.2. The highest BCUT2D eigenvalue weighted by Gasteiger charge is 2.10. The predicted octanol–water partition coefficient (Wildman–Crippen LogP) is 0.00802. The summed E-state index contributed by atoms with van der Waals surface area (Å²) in [4.78, 5) is 40.3. The normalized spacial score (nSPS) is 10.3. The molecule has 3 N–H and O–H groups in total. The molecule has 8 heteroatoms. The number of carbonyl (C=O) groups excluding carboxylic acids is 1. The number of amides is 1. The SMILES string of the molecule is Cc1ccc(C(=O)NCCn2cnc(C(=O)O)c2)c(=O)[nH]1. The quantitative estimate of drug-likeness (QED) is 0.717. The number of aromatic amines is 1. The molecule has 1 amide bonds. The monoisotopic (exact) mass is 290 g/mol. The van der Waals surface area contributed by atoms with Crippen molar-refractivity contribution in [2.45, 2.75) is 13.5 Å². The van der Waals surface area contributed by atoms with Gasteiger partial charge in [-0.2, -0.15) is 0 Å². The molecule has 0 aliphatic heterocycles. The van der Waals surface area contributed by atoms with E-state index in [0.717, 1.165) is 0 Å². The van der Waals surface area contributed by atoms with Crippen molar-refractivity contribution in [2.24, 2.45) is 0 Å². The first-order valence-corrected chi connectivity index (χ1v) is 6.20. The number of carboxylic acid groups (broad SMARTS) is 1. The van der Waals surface area contributed by atoms with Gasteiger partial charge in [-0.3, -0.25) is 9.59 Å². The van der Waals surface area contributed by atoms with Crippen LogP contribution in [0.3, 0.4) is 0 Å². The molecule has 0 radical (unpaired) electrons. The van der Waals surface area contributed by atoms with Crippen molar-refractivity contribution in [3.63, 3.8) is 0 Å². The number of carbonyl (C=O) groups is 2. The first-order valence-electron chi connectivity index (χ1n) is 6.20. The summed E-state index contributed by atoms with van der Waals surface area (Å²) in [5.74, 6) is -1.58. The van der Waals surface area contributed by atoms with Gasteiger partial charge < -0.3 is 20.0 Å². The Hall–Kier alpha value is -2.90. The number of rotatable bonds is 5. The van der Waals surface area contributed by atoms with Crippen LogP contribution in [0.15, 0.2) is 29.5 Å². The Morgan fingerprint density at radius 2 is 2.19 bits per heavy atom. The Bertz CT molecular complexity index is 732. The molecule has 0 aromatic carbocycles. The minimum atomic E-state index is -1.11. The van der Waals surface area contributed by atoms with Crippen LogP contribution in [0.4, 0.5) is 0 Å². The molecule has 8 nitrogen and oxygen atoms in total. The fourth-order valence-electron chi connectivity index (χ4n) is 1.74. The van der Waals surface area contributed by atoms with Gasteiger partial charge in [0.05, 0.1) is 6.33 Å². The van der Waals surface area contributed by atoms with Crippen LogP contribution in [0.25, 0.3) is 0 Å². The molecule has 0 atom stereocenters. The standard InChI is InChI=1S/C13H14N4O4/c1-8-2-3-9(12(19)16-8)11(18)14-4-5-17-6-10(13(20)21)15-7-17/h2-3,6-7H,4-5H2,1H3,(H,14,18)(H,16,19)(H,20,21). The second-order valence-corrected chi connectivity index (χ2v) is 4.44. The number of aromatic nitrogens is 3. The third-order valence-corrected chi connectivity index (χ3v) is 2.81. The largest absolute Gasteiger partial charge is 0.476 e. The molecule has 0 saturated carbocycles. The summed E-state index contributed by atoms with van der Waals surface area (Å²) in [6, 6.07) is 3.11. The van der Waals surface area contributed by atoms with E-state index in [2.05, 4.69) is 15.3 Å². The van der Waals surface area contributed by atoms with Gasteiger partial charge in [0.15, 0.2) is 5.69 Å². The fraction of sp³-hybridized carbons (Fsp3) is 0.231. The highest BCUT2D eigenvalue weighted by Crippen LogP contribution is 1.96. The molecule has 0 aliphatic carbocycles. The summed E-state index contributed by atoms with van der Waals surface area (Å²) in [6.45, 7) is 2.33. The van der Waals surface area contributed by atoms with Crippen LogP contribution in [-0.2, 0) is 6.54 Å². The zero-order valence-electron chi connectivity index (χ0n) is 11.3. The maximum Gasteiger partial charge on any atom is 0.356 e. The van der Waals surface area contributed by atoms with E-state index in [4.69, 9.17) is 5.11 Å². The van der Waals surface area contributed by atoms with Gasteiger partial charge in [-0.15, -0.1) is 0 Å². The summed E-state index contributed by atoms with van der Waals surface area (Å²) in [5.41, 5.74) is 0.216. The van der Waals surface area contributed by atoms with Crippen molar-refractivity contribution < 1.29 is 14.7 Å². The third-order valence-electron chi connectivity index (χ3n) is 2.81. The molecular weight excluding hydrogens is 276 g/mol. The Balaban J connectivity index is 1.92. The van der Waals surface area contributed by atoms with E-state index in [0.29, 0.717) is 12.2 Å². The van der Waals surface area contributed by atoms with Crippen LogP contribution in [-0.4, -0.2) is 38.1 Å². The van der Waals surface area contributed by atoms with Gasteiger partial charge in [0.1, 0.15) is 5.56 Å². The number of imidazole rings is 1. The molecule has 2 rings (SSSR count). The van der Waals surface area contributed by atoms with Crippen molar-refractivity contribution in [1.29, 1.82) is 0 Å². The van der Waals surface area contributed by atoms with Gasteiger partial charge in [0.25, 0.3) is 11.5 Å². The van der Waals surface area contributed by atoms with E-state index in [-0.39, 0.29) is 17.8 Å². The predicted molar refractivity (Wildman–Crippen MR) is 73.3 cm³/mol. The molecule has 0 saturated heterocycles. The van der Waals surface area contributed by atoms with Crippen molar-refractivity contribution in [3.05, 3.63) is 52.0 Å². The van der Waals surface area contributed by atoms with E-state index < -0.39 is 17.4 Å². The summed E-state index contributed by atoms with van der Waals surface area (Å²) in [5, 5.41) is 11.3. The number of aryl methyl sites for hydroxylation is 1. The van der Waals surface area contributed by atoms with Crippen LogP contribution >= 0.6 is 0 Å². The van der Waals surface area contributed by atoms with Gasteiger partial charge >= 0.3 is 5.97 Å². The first kappa shape index (κ1) is 14.5. The highest BCUT2D eigenvalue weighted by molar-refractivity contribution is 5.93. The van der Waals surface area contributed by atoms with Gasteiger partial charge in [0, 0.05) is 25.0 Å². The molecule has 0 unspecified atom stereocenters. The minimum Gasteiger partial charge on any atom is -0.476 e. The average Bonchev–Trinajstić information content (AvgIpc) is 2.87. The minimum absolute atomic E-state index is 0.0393. The topological polar surface area (TPSA) is 117 Å². The lowest BCUT2D eigenvalue weighted by Crippen LogP contribution is -2.31. The number of carboxylic acids is 1. The second kappa shape index (κ2) is 6.04. The van der Waals surface area contributed by atoms with Crippen LogP contribution in [0.5, 0.6) is 0 Å². The number of hydrogen-bond acceptors (Lipinski definition) is 4. The van der Waals surface area contributed by atoms with E-state index in [1.165, 1.54) is 18.6 Å². The molecule has 2 heterocycles. The summed E-state index contributed by atoms with van der Waals surface area (Å²) in [6.07, 6.45) is 2.74. The van der Waals surface area contributed by atoms with Gasteiger partial charge in [0.2, 0.25) is 0 Å². The van der Waals surface area contributed by atoms with E-state index >= 15 is 0 Å². The summed E-state index contributed by atoms with van der Waals surface area (Å²) >= 11 is 0. The van der Waals surface area contributed by atoms with Crippen LogP contribution in [0.2, 0.25) is 0 Å². The van der Waals surface area contributed by atoms with Crippen LogP contribution in [0.1, 0.15) is 26.5 Å². The molecule has 0 bridgehead atoms. The highest BCUT2D eigenvalue weighted by atomic mass is 16.4. The maximum atomic E-state index is 11.8. The number of aromatic carboxylic acids is 1. The average molecular weight is 290 g/mol. The Morgan fingerprint density at radius 3 is 2.81 bits per heavy atom. The van der Waals surface area contributed by atoms with Crippen molar-refractivity contribution in [3.8, 4) is 0 Å². The lowest BCUT2D eigenvalue weighted by molar-refractivity contribution is 0.0690. The number of nitrogens with one attached hydrogen (secondary N) is 2. The van der Waals surface area contributed by atoms with Crippen LogP contribution in [0, 0.1) is 6.92 Å². The van der Waals surface area contributed by atoms with Crippen molar-refractivity contribution in [1.82, 2.24) is 19.9 Å². The van der Waals surface area contributed by atoms with Crippen molar-refractivity contribution >= 4 is 11.9 Å². The molecule has 2 aromatic rings. The van der Waals surface area contributed by atoms with E-state index in [1.807, 2.05) is 0 Å². The Morgan fingerprint density at radius 1 is 1.43 bits per heavy atom. The second-order valence-electron chi connectivity index (χ2n) is 4.44. The summed E-state index contributed by atoms with van der Waals surface area (Å²) in [7, 11) is 0. The zero-order valence-corrected chi connectivity index (χ0v) is 11.3. The molecule has 0 fully saturated rings. The van der Waals surface area contributed by atoms with Gasteiger partial charge in [-0.25, -0.2) is 9.78 Å². The number of H-pyrrole nitrogens is 1. The fourth-order valence-corrected chi connectivity index (χ4v) is 1.74. The van der Waals surface area contributed by atoms with E-state index in [9.17, 15) is 14.4 Å². The zero-order chi connectivity index (χ0) is 15.4. The van der Waals surface area contributed by atoms with Gasteiger partial charge in [-0.05, 0) is 19.1 Å². The molecule has 0 aliphatic rings. The number of pyridine rings is 1.